The van der Waals surface area contributed by atoms with E-state index in [9.17, 15) is 5.11 Å². The second-order valence-electron chi connectivity index (χ2n) is 3.43. The van der Waals surface area contributed by atoms with E-state index in [-0.39, 0.29) is 6.61 Å². The highest BCUT2D eigenvalue weighted by atomic mass is 35.5. The van der Waals surface area contributed by atoms with Crippen molar-refractivity contribution in [2.45, 2.75) is 6.61 Å². The molecule has 0 unspecified atom stereocenters. The lowest BCUT2D eigenvalue weighted by molar-refractivity contribution is 0.276. The minimum atomic E-state index is -0.171. The Morgan fingerprint density at radius 3 is 2.53 bits per heavy atom. The molecule has 17 heavy (non-hydrogen) atoms. The van der Waals surface area contributed by atoms with Crippen molar-refractivity contribution < 1.29 is 9.84 Å². The molecule has 2 rings (SSSR count). The van der Waals surface area contributed by atoms with Gasteiger partial charge in [0.1, 0.15) is 11.5 Å². The van der Waals surface area contributed by atoms with Crippen molar-refractivity contribution in [1.82, 2.24) is 0 Å². The topological polar surface area (TPSA) is 29.5 Å². The van der Waals surface area contributed by atoms with Crippen LogP contribution in [0.4, 0.5) is 0 Å². The van der Waals surface area contributed by atoms with Gasteiger partial charge < -0.3 is 9.84 Å². The van der Waals surface area contributed by atoms with Crippen LogP contribution < -0.4 is 4.74 Å². The maximum absolute atomic E-state index is 9.24. The van der Waals surface area contributed by atoms with E-state index in [1.165, 1.54) is 0 Å². The van der Waals surface area contributed by atoms with Gasteiger partial charge in [-0.05, 0) is 30.3 Å². The SMILES string of the molecule is OCc1c(Cl)cccc1Oc1cccc(Cl)c1. The minimum Gasteiger partial charge on any atom is -0.457 e. The quantitative estimate of drug-likeness (QED) is 0.901. The van der Waals surface area contributed by atoms with Gasteiger partial charge in [0, 0.05) is 15.6 Å². The molecular formula is C13H10Cl2O2. The van der Waals surface area contributed by atoms with Crippen LogP contribution in [0.1, 0.15) is 5.56 Å². The van der Waals surface area contributed by atoms with Crippen LogP contribution in [0.3, 0.4) is 0 Å². The van der Waals surface area contributed by atoms with Crippen LogP contribution in [-0.2, 0) is 6.61 Å². The summed E-state index contributed by atoms with van der Waals surface area (Å²) in [6.07, 6.45) is 0. The van der Waals surface area contributed by atoms with Gasteiger partial charge in [-0.1, -0.05) is 35.3 Å². The van der Waals surface area contributed by atoms with Crippen molar-refractivity contribution >= 4 is 23.2 Å². The Balaban J connectivity index is 2.33. The molecule has 1 N–H and O–H groups in total. The Morgan fingerprint density at radius 2 is 1.82 bits per heavy atom. The third-order valence-electron chi connectivity index (χ3n) is 2.26. The Morgan fingerprint density at radius 1 is 1.06 bits per heavy atom. The first-order valence-corrected chi connectivity index (χ1v) is 5.78. The summed E-state index contributed by atoms with van der Waals surface area (Å²) in [4.78, 5) is 0. The highest BCUT2D eigenvalue weighted by molar-refractivity contribution is 6.31. The molecule has 2 aromatic rings. The first kappa shape index (κ1) is 12.2. The van der Waals surface area contributed by atoms with Crippen molar-refractivity contribution in [3.63, 3.8) is 0 Å². The maximum atomic E-state index is 9.24. The molecule has 2 nitrogen and oxygen atoms in total. The van der Waals surface area contributed by atoms with Crippen molar-refractivity contribution in [1.29, 1.82) is 0 Å². The van der Waals surface area contributed by atoms with Crippen LogP contribution in [0.2, 0.25) is 10.0 Å². The second kappa shape index (κ2) is 5.41. The molecular weight excluding hydrogens is 259 g/mol. The fraction of sp³-hybridized carbons (Fsp3) is 0.0769. The molecule has 0 saturated heterocycles. The van der Waals surface area contributed by atoms with Crippen molar-refractivity contribution in [3.8, 4) is 11.5 Å². The van der Waals surface area contributed by atoms with E-state index in [0.717, 1.165) is 0 Å². The molecule has 0 spiro atoms. The first-order chi connectivity index (χ1) is 8.20. The van der Waals surface area contributed by atoms with E-state index in [1.54, 1.807) is 42.5 Å². The zero-order valence-corrected chi connectivity index (χ0v) is 10.4. The predicted octanol–water partition coefficient (Wildman–Crippen LogP) is 4.28. The van der Waals surface area contributed by atoms with Crippen molar-refractivity contribution in [2.24, 2.45) is 0 Å². The van der Waals surface area contributed by atoms with Gasteiger partial charge in [0.05, 0.1) is 6.61 Å². The molecule has 4 heteroatoms. The highest BCUT2D eigenvalue weighted by Crippen LogP contribution is 2.31. The van der Waals surface area contributed by atoms with Crippen LogP contribution in [0.5, 0.6) is 11.5 Å². The van der Waals surface area contributed by atoms with Crippen molar-refractivity contribution in [3.05, 3.63) is 58.1 Å². The molecule has 0 aromatic heterocycles. The number of halogens is 2. The molecule has 0 amide bonds. The average molecular weight is 269 g/mol. The third-order valence-corrected chi connectivity index (χ3v) is 2.85. The van der Waals surface area contributed by atoms with Gasteiger partial charge in [-0.25, -0.2) is 0 Å². The summed E-state index contributed by atoms with van der Waals surface area (Å²) in [6, 6.07) is 12.3. The van der Waals surface area contributed by atoms with Crippen LogP contribution >= 0.6 is 23.2 Å². The minimum absolute atomic E-state index is 0.171. The number of aliphatic hydroxyl groups excluding tert-OH is 1. The largest absolute Gasteiger partial charge is 0.457 e. The molecule has 0 radical (unpaired) electrons. The molecule has 0 atom stereocenters. The summed E-state index contributed by atoms with van der Waals surface area (Å²) in [5, 5.41) is 10.3. The molecule has 0 aliphatic rings. The monoisotopic (exact) mass is 268 g/mol. The normalized spacial score (nSPS) is 10.3. The summed E-state index contributed by atoms with van der Waals surface area (Å²) < 4.78 is 5.63. The Bertz CT molecular complexity index is 527. The lowest BCUT2D eigenvalue weighted by atomic mass is 10.2. The highest BCUT2D eigenvalue weighted by Gasteiger charge is 2.08. The molecule has 0 saturated carbocycles. The number of hydrogen-bond acceptors (Lipinski definition) is 2. The van der Waals surface area contributed by atoms with Gasteiger partial charge >= 0.3 is 0 Å². The standard InChI is InChI=1S/C13H10Cl2O2/c14-9-3-1-4-10(7-9)17-13-6-2-5-12(15)11(13)8-16/h1-7,16H,8H2. The maximum Gasteiger partial charge on any atom is 0.134 e. The van der Waals surface area contributed by atoms with E-state index >= 15 is 0 Å². The fourth-order valence-electron chi connectivity index (χ4n) is 1.45. The Kier molecular flexibility index (Phi) is 3.89. The lowest BCUT2D eigenvalue weighted by Gasteiger charge is -2.10. The van der Waals surface area contributed by atoms with Gasteiger partial charge in [-0.3, -0.25) is 0 Å². The fourth-order valence-corrected chi connectivity index (χ4v) is 1.85. The Hall–Kier alpha value is -1.22. The van der Waals surface area contributed by atoms with Crippen LogP contribution in [-0.4, -0.2) is 5.11 Å². The molecule has 2 aromatic carbocycles. The van der Waals surface area contributed by atoms with Crippen LogP contribution in [0.15, 0.2) is 42.5 Å². The summed E-state index contributed by atoms with van der Waals surface area (Å²) in [5.74, 6) is 1.14. The molecule has 0 bridgehead atoms. The Labute approximate surface area is 109 Å². The van der Waals surface area contributed by atoms with Gasteiger partial charge in [-0.15, -0.1) is 0 Å². The number of ether oxygens (including phenoxy) is 1. The molecule has 0 aliphatic heterocycles. The number of rotatable bonds is 3. The van der Waals surface area contributed by atoms with E-state index in [2.05, 4.69) is 0 Å². The number of aliphatic hydroxyl groups is 1. The zero-order valence-electron chi connectivity index (χ0n) is 8.86. The zero-order chi connectivity index (χ0) is 12.3. The second-order valence-corrected chi connectivity index (χ2v) is 4.28. The van der Waals surface area contributed by atoms with Gasteiger partial charge in [0.25, 0.3) is 0 Å². The van der Waals surface area contributed by atoms with E-state index < -0.39 is 0 Å². The smallest absolute Gasteiger partial charge is 0.134 e. The van der Waals surface area contributed by atoms with E-state index in [1.807, 2.05) is 0 Å². The van der Waals surface area contributed by atoms with Gasteiger partial charge in [0.2, 0.25) is 0 Å². The predicted molar refractivity (Wildman–Crippen MR) is 68.9 cm³/mol. The first-order valence-electron chi connectivity index (χ1n) is 5.02. The third kappa shape index (κ3) is 2.91. The molecule has 0 heterocycles. The van der Waals surface area contributed by atoms with E-state index in [4.69, 9.17) is 27.9 Å². The summed E-state index contributed by atoms with van der Waals surface area (Å²) >= 11 is 11.8. The summed E-state index contributed by atoms with van der Waals surface area (Å²) in [7, 11) is 0. The molecule has 0 fully saturated rings. The van der Waals surface area contributed by atoms with Crippen LogP contribution in [0, 0.1) is 0 Å². The summed E-state index contributed by atoms with van der Waals surface area (Å²) in [5.41, 5.74) is 0.564. The average Bonchev–Trinajstić information content (AvgIpc) is 2.29. The van der Waals surface area contributed by atoms with Crippen LogP contribution in [0.25, 0.3) is 0 Å². The van der Waals surface area contributed by atoms with E-state index in [0.29, 0.717) is 27.1 Å². The van der Waals surface area contributed by atoms with Gasteiger partial charge in [0.15, 0.2) is 0 Å². The lowest BCUT2D eigenvalue weighted by Crippen LogP contribution is -1.92. The molecule has 88 valence electrons. The summed E-state index contributed by atoms with van der Waals surface area (Å²) in [6.45, 7) is -0.171. The van der Waals surface area contributed by atoms with Gasteiger partial charge in [-0.2, -0.15) is 0 Å². The van der Waals surface area contributed by atoms with Crippen molar-refractivity contribution in [2.75, 3.05) is 0 Å². The number of hydrogen-bond donors (Lipinski definition) is 1. The molecule has 0 aliphatic carbocycles. The number of benzene rings is 2.